The van der Waals surface area contributed by atoms with Crippen molar-refractivity contribution in [3.8, 4) is 0 Å². The highest BCUT2D eigenvalue weighted by molar-refractivity contribution is 7.89. The number of fused-ring (bicyclic) bond motifs is 1. The predicted octanol–water partition coefficient (Wildman–Crippen LogP) is 0.593. The predicted molar refractivity (Wildman–Crippen MR) is 83.0 cm³/mol. The monoisotopic (exact) mass is 324 g/mol. The van der Waals surface area contributed by atoms with Gasteiger partial charge in [0.25, 0.3) is 5.56 Å². The summed E-state index contributed by atoms with van der Waals surface area (Å²) in [6.45, 7) is 3.42. The molecule has 0 fully saturated rings. The molecule has 1 N–H and O–H groups in total. The van der Waals surface area contributed by atoms with E-state index in [1.807, 2.05) is 0 Å². The first kappa shape index (κ1) is 16.2. The summed E-state index contributed by atoms with van der Waals surface area (Å²) in [7, 11) is -3.55. The van der Waals surface area contributed by atoms with Crippen molar-refractivity contribution in [2.24, 2.45) is 0 Å². The summed E-state index contributed by atoms with van der Waals surface area (Å²) in [5.74, 6) is -0.832. The van der Waals surface area contributed by atoms with Gasteiger partial charge in [-0.15, -0.1) is 0 Å². The molecule has 0 bridgehead atoms. The molecule has 0 aliphatic rings. The lowest BCUT2D eigenvalue weighted by atomic mass is 10.0. The fraction of sp³-hybridized carbons (Fsp3) is 0.357. The first-order valence-corrected chi connectivity index (χ1v) is 8.68. The van der Waals surface area contributed by atoms with Crippen LogP contribution >= 0.6 is 0 Å². The van der Waals surface area contributed by atoms with Gasteiger partial charge < -0.3 is 4.98 Å². The molecule has 0 unspecified atom stereocenters. The summed E-state index contributed by atoms with van der Waals surface area (Å²) in [5.41, 5.74) is -0.198. The summed E-state index contributed by atoms with van der Waals surface area (Å²) in [6.07, 6.45) is 1.22. The Morgan fingerprint density at radius 2 is 1.91 bits per heavy atom. The molecule has 7 nitrogen and oxygen atoms in total. The molecule has 2 rings (SSSR count). The lowest BCUT2D eigenvalue weighted by Crippen LogP contribution is -2.37. The van der Waals surface area contributed by atoms with Crippen LogP contribution < -0.4 is 11.2 Å². The molecule has 1 heterocycles. The van der Waals surface area contributed by atoms with Gasteiger partial charge >= 0.3 is 5.69 Å². The van der Waals surface area contributed by atoms with Crippen molar-refractivity contribution < 1.29 is 13.2 Å². The Balaban J connectivity index is 2.84. The Morgan fingerprint density at radius 3 is 2.45 bits per heavy atom. The first-order valence-electron chi connectivity index (χ1n) is 6.62. The Bertz CT molecular complexity index is 983. The molecular formula is C14H16N2O5S. The second kappa shape index (κ2) is 5.53. The van der Waals surface area contributed by atoms with Gasteiger partial charge in [-0.3, -0.25) is 9.59 Å². The molecule has 0 saturated carbocycles. The third-order valence-corrected chi connectivity index (χ3v) is 4.04. The van der Waals surface area contributed by atoms with Crippen molar-refractivity contribution in [2.45, 2.75) is 26.1 Å². The number of nitrogens with zero attached hydrogens (tertiary/aromatic N) is 1. The molecule has 2 aromatic rings. The van der Waals surface area contributed by atoms with Gasteiger partial charge in [-0.05, 0) is 24.6 Å². The summed E-state index contributed by atoms with van der Waals surface area (Å²) in [5, 5.41) is 0.116. The molecule has 0 atom stereocenters. The van der Waals surface area contributed by atoms with Crippen molar-refractivity contribution in [3.63, 3.8) is 0 Å². The van der Waals surface area contributed by atoms with Crippen LogP contribution in [0.1, 0.15) is 29.3 Å². The zero-order valence-electron chi connectivity index (χ0n) is 12.5. The molecular weight excluding hydrogens is 308 g/mol. The third-order valence-electron chi connectivity index (χ3n) is 3.31. The zero-order valence-corrected chi connectivity index (χ0v) is 13.3. The van der Waals surface area contributed by atoms with E-state index in [4.69, 9.17) is 0 Å². The number of H-pyrrole nitrogens is 1. The van der Waals surface area contributed by atoms with Crippen LogP contribution in [-0.4, -0.2) is 30.0 Å². The topological polar surface area (TPSA) is 106 Å². The Labute approximate surface area is 126 Å². The Morgan fingerprint density at radius 1 is 1.27 bits per heavy atom. The van der Waals surface area contributed by atoms with Crippen molar-refractivity contribution in [1.82, 2.24) is 9.55 Å². The fourth-order valence-corrected chi connectivity index (χ4v) is 2.95. The molecule has 22 heavy (non-hydrogen) atoms. The average molecular weight is 324 g/mol. The number of hydrogen-bond donors (Lipinski definition) is 1. The summed E-state index contributed by atoms with van der Waals surface area (Å²) in [4.78, 5) is 38.6. The fourth-order valence-electron chi connectivity index (χ4n) is 2.25. The summed E-state index contributed by atoms with van der Waals surface area (Å²) in [6, 6.07) is 2.96. The highest BCUT2D eigenvalue weighted by Gasteiger charge is 2.15. The second-order valence-corrected chi connectivity index (χ2v) is 7.32. The van der Waals surface area contributed by atoms with E-state index in [0.717, 1.165) is 6.26 Å². The van der Waals surface area contributed by atoms with Crippen molar-refractivity contribution in [3.05, 3.63) is 44.1 Å². The van der Waals surface area contributed by atoms with E-state index in [-0.39, 0.29) is 23.1 Å². The van der Waals surface area contributed by atoms with Crippen LogP contribution in [0, 0.1) is 6.92 Å². The number of carbonyl (C=O) groups is 1. The SMILES string of the molecule is CCC(=O)c1cc2c(=O)n(CS(C)(=O)=O)c(=O)[nH]c2cc1C. The van der Waals surface area contributed by atoms with Crippen LogP contribution in [-0.2, 0) is 15.7 Å². The van der Waals surface area contributed by atoms with E-state index >= 15 is 0 Å². The molecule has 0 spiro atoms. The minimum atomic E-state index is -3.55. The van der Waals surface area contributed by atoms with Crippen LogP contribution in [0.3, 0.4) is 0 Å². The van der Waals surface area contributed by atoms with E-state index < -0.39 is 27.0 Å². The van der Waals surface area contributed by atoms with E-state index in [0.29, 0.717) is 15.7 Å². The van der Waals surface area contributed by atoms with Gasteiger partial charge in [0.1, 0.15) is 5.88 Å². The molecule has 0 radical (unpaired) electrons. The molecule has 0 amide bonds. The highest BCUT2D eigenvalue weighted by Crippen LogP contribution is 2.16. The van der Waals surface area contributed by atoms with Gasteiger partial charge in [0.05, 0.1) is 10.9 Å². The molecule has 8 heteroatoms. The summed E-state index contributed by atoms with van der Waals surface area (Å²) < 4.78 is 23.3. The first-order chi connectivity index (χ1) is 10.1. The van der Waals surface area contributed by atoms with Crippen molar-refractivity contribution >= 4 is 26.5 Å². The number of aryl methyl sites for hydroxylation is 1. The lowest BCUT2D eigenvalue weighted by Gasteiger charge is -2.08. The number of carbonyl (C=O) groups excluding carboxylic acids is 1. The molecule has 1 aromatic heterocycles. The van der Waals surface area contributed by atoms with Crippen LogP contribution in [0.5, 0.6) is 0 Å². The minimum absolute atomic E-state index is 0.116. The van der Waals surface area contributed by atoms with E-state index in [1.165, 1.54) is 6.07 Å². The average Bonchev–Trinajstić information content (AvgIpc) is 2.41. The lowest BCUT2D eigenvalue weighted by molar-refractivity contribution is 0.0987. The number of sulfone groups is 1. The van der Waals surface area contributed by atoms with Crippen LogP contribution in [0.2, 0.25) is 0 Å². The maximum atomic E-state index is 12.4. The van der Waals surface area contributed by atoms with Gasteiger partial charge in [0, 0.05) is 18.2 Å². The van der Waals surface area contributed by atoms with E-state index in [1.54, 1.807) is 19.9 Å². The smallest absolute Gasteiger partial charge is 0.307 e. The zero-order chi connectivity index (χ0) is 16.7. The third kappa shape index (κ3) is 3.01. The second-order valence-electron chi connectivity index (χ2n) is 5.21. The molecule has 0 saturated heterocycles. The van der Waals surface area contributed by atoms with Gasteiger partial charge in [-0.1, -0.05) is 6.92 Å². The number of rotatable bonds is 4. The number of aromatic amines is 1. The largest absolute Gasteiger partial charge is 0.329 e. The van der Waals surface area contributed by atoms with Crippen LogP contribution in [0.4, 0.5) is 0 Å². The maximum Gasteiger partial charge on any atom is 0.329 e. The Kier molecular flexibility index (Phi) is 4.06. The Hall–Kier alpha value is -2.22. The number of aromatic nitrogens is 2. The minimum Gasteiger partial charge on any atom is -0.307 e. The molecule has 1 aromatic carbocycles. The van der Waals surface area contributed by atoms with Gasteiger partial charge in [0.2, 0.25) is 0 Å². The normalized spacial score (nSPS) is 11.8. The summed E-state index contributed by atoms with van der Waals surface area (Å²) >= 11 is 0. The van der Waals surface area contributed by atoms with E-state index in [9.17, 15) is 22.8 Å². The quantitative estimate of drug-likeness (QED) is 0.829. The molecule has 0 aliphatic heterocycles. The van der Waals surface area contributed by atoms with Crippen LogP contribution in [0.15, 0.2) is 21.7 Å². The number of hydrogen-bond acceptors (Lipinski definition) is 5. The molecule has 0 aliphatic carbocycles. The maximum absolute atomic E-state index is 12.4. The van der Waals surface area contributed by atoms with E-state index in [2.05, 4.69) is 4.98 Å². The number of ketones is 1. The number of Topliss-reactive ketones (excluding diaryl/α,β-unsaturated/α-hetero) is 1. The van der Waals surface area contributed by atoms with Gasteiger partial charge in [0.15, 0.2) is 15.6 Å². The van der Waals surface area contributed by atoms with Gasteiger partial charge in [-0.2, -0.15) is 0 Å². The number of benzene rings is 1. The molecule has 118 valence electrons. The van der Waals surface area contributed by atoms with Crippen molar-refractivity contribution in [2.75, 3.05) is 6.26 Å². The highest BCUT2D eigenvalue weighted by atomic mass is 32.2. The van der Waals surface area contributed by atoms with Crippen LogP contribution in [0.25, 0.3) is 10.9 Å². The standard InChI is InChI=1S/C14H16N2O5S/c1-4-12(17)9-6-10-11(5-8(9)2)15-14(19)16(13(10)18)7-22(3,20)21/h5-6H,4,7H2,1-3H3,(H,15,19). The number of nitrogens with one attached hydrogen (secondary N) is 1. The van der Waals surface area contributed by atoms with Crippen molar-refractivity contribution in [1.29, 1.82) is 0 Å². The van der Waals surface area contributed by atoms with Gasteiger partial charge in [-0.25, -0.2) is 17.8 Å².